The summed E-state index contributed by atoms with van der Waals surface area (Å²) < 4.78 is 9.23. The van der Waals surface area contributed by atoms with E-state index in [0.717, 1.165) is 23.3 Å². The van der Waals surface area contributed by atoms with Crippen LogP contribution in [0.5, 0.6) is 11.5 Å². The molecule has 14 heteroatoms. The first kappa shape index (κ1) is 29.4. The highest BCUT2D eigenvalue weighted by Gasteiger charge is 2.38. The molecule has 216 valence electrons. The zero-order valence-electron chi connectivity index (χ0n) is 21.8. The molecule has 0 aromatic heterocycles. The van der Waals surface area contributed by atoms with Crippen LogP contribution in [0, 0.1) is 13.8 Å². The van der Waals surface area contributed by atoms with E-state index < -0.39 is 23.1 Å². The van der Waals surface area contributed by atoms with Crippen LogP contribution in [0.3, 0.4) is 0 Å². The summed E-state index contributed by atoms with van der Waals surface area (Å²) in [6, 6.07) is 15.9. The maximum absolute atomic E-state index is 14.0. The Morgan fingerprint density at radius 1 is 0.571 bits per heavy atom. The third-order valence-corrected chi connectivity index (χ3v) is 7.69. The number of ketones is 2. The Bertz CT molecular complexity index is 1590. The molecule has 4 aromatic carbocycles. The molecule has 0 aliphatic heterocycles. The van der Waals surface area contributed by atoms with Gasteiger partial charge in [0.2, 0.25) is 11.6 Å². The highest BCUT2D eigenvalue weighted by Crippen LogP contribution is 2.45. The quantitative estimate of drug-likeness (QED) is 0.0419. The lowest BCUT2D eigenvalue weighted by molar-refractivity contribution is -0.432. The molecule has 0 spiro atoms. The number of rotatable bonds is 10. The summed E-state index contributed by atoms with van der Waals surface area (Å²) in [5, 5.41) is 52.2. The Hall–Kier alpha value is -4.12. The Balaban J connectivity index is 1.68. The molecule has 4 aromatic rings. The molecule has 0 atom stereocenters. The smallest absolute Gasteiger partial charge is 0.200 e. The van der Waals surface area contributed by atoms with Gasteiger partial charge in [-0.2, -0.15) is 0 Å². The molecule has 0 fully saturated rings. The number of anilines is 4. The second-order valence-electron chi connectivity index (χ2n) is 9.12. The van der Waals surface area contributed by atoms with Crippen LogP contribution in [-0.4, -0.2) is 32.3 Å². The lowest BCUT2D eigenvalue weighted by atomic mass is 9.81. The normalized spacial score (nSPS) is 12.2. The van der Waals surface area contributed by atoms with Gasteiger partial charge in [0.25, 0.3) is 0 Å². The third-order valence-electron chi connectivity index (χ3n) is 6.40. The molecule has 12 nitrogen and oxygen atoms in total. The maximum atomic E-state index is 14.0. The number of phenols is 2. The van der Waals surface area contributed by atoms with E-state index in [9.17, 15) is 19.8 Å². The fourth-order valence-corrected chi connectivity index (χ4v) is 5.66. The van der Waals surface area contributed by atoms with Crippen LogP contribution in [0.15, 0.2) is 70.5 Å². The fraction of sp³-hybridized carbons (Fsp3) is 0.0714. The Morgan fingerprint density at radius 2 is 0.952 bits per heavy atom. The van der Waals surface area contributed by atoms with Crippen LogP contribution in [0.2, 0.25) is 0 Å². The van der Waals surface area contributed by atoms with Gasteiger partial charge in [0.05, 0.1) is 78.9 Å². The number of hydrogen-bond acceptors (Lipinski definition) is 14. The molecule has 5 rings (SSSR count). The number of aromatic hydroxyl groups is 2. The molecule has 6 N–H and O–H groups in total. The molecule has 0 saturated heterocycles. The molecule has 0 amide bonds. The molecule has 0 unspecified atom stereocenters. The molecule has 0 bridgehead atoms. The molecule has 1 aliphatic rings. The minimum atomic E-state index is -0.703. The SMILES string of the molecule is Cc1ccc(Nc2ccc(Nc3ccc(C)cc3SOOO)c3c2C(=O)c2c(O)ccc(O)c2C3=O)c(SOOO)c1. The van der Waals surface area contributed by atoms with Crippen LogP contribution in [0.4, 0.5) is 22.7 Å². The summed E-state index contributed by atoms with van der Waals surface area (Å²) in [7, 11) is 0. The summed E-state index contributed by atoms with van der Waals surface area (Å²) in [4.78, 5) is 28.9. The summed E-state index contributed by atoms with van der Waals surface area (Å²) in [6.07, 6.45) is 0. The van der Waals surface area contributed by atoms with Crippen molar-refractivity contribution in [3.8, 4) is 11.5 Å². The minimum absolute atomic E-state index is 0.0643. The van der Waals surface area contributed by atoms with Crippen molar-refractivity contribution in [2.45, 2.75) is 23.6 Å². The van der Waals surface area contributed by atoms with E-state index in [1.54, 1.807) is 48.5 Å². The van der Waals surface area contributed by atoms with Crippen molar-refractivity contribution in [2.75, 3.05) is 10.6 Å². The van der Waals surface area contributed by atoms with Crippen molar-refractivity contribution in [3.05, 3.63) is 94.0 Å². The van der Waals surface area contributed by atoms with E-state index in [-0.39, 0.29) is 33.6 Å². The molecule has 42 heavy (non-hydrogen) atoms. The zero-order valence-corrected chi connectivity index (χ0v) is 23.5. The number of carbonyl (C=O) groups is 2. The van der Waals surface area contributed by atoms with Gasteiger partial charge >= 0.3 is 0 Å². The largest absolute Gasteiger partial charge is 0.507 e. The Kier molecular flexibility index (Phi) is 8.67. The zero-order chi connectivity index (χ0) is 30.0. The maximum Gasteiger partial charge on any atom is 0.200 e. The molecule has 0 heterocycles. The first-order valence-corrected chi connectivity index (χ1v) is 13.6. The number of hydrogen-bond donors (Lipinski definition) is 6. The molecule has 0 radical (unpaired) electrons. The highest BCUT2D eigenvalue weighted by molar-refractivity contribution is 7.95. The average Bonchev–Trinajstić information content (AvgIpc) is 2.97. The first-order valence-electron chi connectivity index (χ1n) is 12.1. The summed E-state index contributed by atoms with van der Waals surface area (Å²) in [5.41, 5.74) is 2.29. The average molecular weight is 611 g/mol. The van der Waals surface area contributed by atoms with Gasteiger partial charge in [0, 0.05) is 0 Å². The molecular weight excluding hydrogens is 588 g/mol. The second kappa shape index (κ2) is 12.4. The number of aryl methyl sites for hydroxylation is 2. The highest BCUT2D eigenvalue weighted by atomic mass is 32.2. The van der Waals surface area contributed by atoms with Gasteiger partial charge in [-0.15, -0.1) is 8.67 Å². The van der Waals surface area contributed by atoms with Gasteiger partial charge in [0.15, 0.2) is 0 Å². The van der Waals surface area contributed by atoms with E-state index in [4.69, 9.17) is 10.5 Å². The fourth-order valence-electron chi connectivity index (χ4n) is 4.57. The summed E-state index contributed by atoms with van der Waals surface area (Å²) in [5.74, 6) is -2.33. The van der Waals surface area contributed by atoms with Gasteiger partial charge in [-0.25, -0.2) is 10.5 Å². The van der Waals surface area contributed by atoms with E-state index in [2.05, 4.69) is 29.4 Å². The van der Waals surface area contributed by atoms with Gasteiger partial charge in [0.1, 0.15) is 11.5 Å². The number of fused-ring (bicyclic) bond motifs is 2. The van der Waals surface area contributed by atoms with Crippen molar-refractivity contribution >= 4 is 58.4 Å². The third kappa shape index (κ3) is 5.65. The Labute approximate surface area is 246 Å². The Morgan fingerprint density at radius 3 is 1.33 bits per heavy atom. The van der Waals surface area contributed by atoms with E-state index in [0.29, 0.717) is 45.3 Å². The summed E-state index contributed by atoms with van der Waals surface area (Å²) in [6.45, 7) is 3.69. The number of phenolic OH excluding ortho intramolecular Hbond substituents is 2. The first-order chi connectivity index (χ1) is 20.2. The number of benzene rings is 4. The van der Waals surface area contributed by atoms with E-state index in [1.165, 1.54) is 0 Å². The topological polar surface area (TPSA) is 176 Å². The van der Waals surface area contributed by atoms with Crippen molar-refractivity contribution in [3.63, 3.8) is 0 Å². The van der Waals surface area contributed by atoms with Gasteiger partial charge in [-0.3, -0.25) is 9.59 Å². The molecule has 0 saturated carbocycles. The minimum Gasteiger partial charge on any atom is -0.507 e. The van der Waals surface area contributed by atoms with Gasteiger partial charge in [-0.05, 0) is 73.5 Å². The lowest BCUT2D eigenvalue weighted by Crippen LogP contribution is -2.24. The van der Waals surface area contributed by atoms with Crippen LogP contribution >= 0.6 is 24.1 Å². The van der Waals surface area contributed by atoms with Crippen LogP contribution in [-0.2, 0) is 18.7 Å². The van der Waals surface area contributed by atoms with E-state index in [1.807, 2.05) is 13.8 Å². The predicted molar refractivity (Wildman–Crippen MR) is 153 cm³/mol. The molecule has 1 aliphatic carbocycles. The van der Waals surface area contributed by atoms with E-state index >= 15 is 0 Å². The van der Waals surface area contributed by atoms with Crippen molar-refractivity contribution < 1.29 is 49.1 Å². The van der Waals surface area contributed by atoms with Gasteiger partial charge in [-0.1, -0.05) is 22.2 Å². The van der Waals surface area contributed by atoms with Crippen LogP contribution in [0.25, 0.3) is 0 Å². The van der Waals surface area contributed by atoms with Crippen molar-refractivity contribution in [2.24, 2.45) is 0 Å². The second-order valence-corrected chi connectivity index (χ2v) is 10.6. The van der Waals surface area contributed by atoms with Crippen LogP contribution in [0.1, 0.15) is 43.0 Å². The van der Waals surface area contributed by atoms with Gasteiger partial charge < -0.3 is 20.8 Å². The van der Waals surface area contributed by atoms with Crippen molar-refractivity contribution in [1.82, 2.24) is 0 Å². The lowest BCUT2D eigenvalue weighted by Gasteiger charge is -2.25. The van der Waals surface area contributed by atoms with Crippen molar-refractivity contribution in [1.29, 1.82) is 0 Å². The predicted octanol–water partition coefficient (Wildman–Crippen LogP) is 6.83. The standard InChI is InChI=1S/C28H22N2O10S2/c1-13-3-5-15(21(11-13)41-39-37-35)29-17-7-8-18(30-16-6-4-14(2)12-22(16)42-40-38-36)24-23(17)27(33)25-19(31)9-10-20(32)26(25)28(24)34/h3-12,29-32,35-36H,1-2H3. The monoisotopic (exact) mass is 610 g/mol. The summed E-state index contributed by atoms with van der Waals surface area (Å²) >= 11 is 1.42. The van der Waals surface area contributed by atoms with Crippen LogP contribution < -0.4 is 10.6 Å². The molecular formula is C28H22N2O10S2. The number of nitrogens with one attached hydrogen (secondary N) is 2. The number of carbonyl (C=O) groups excluding carboxylic acids is 2.